The largest absolute Gasteiger partial charge is 0.387 e. The van der Waals surface area contributed by atoms with Crippen molar-refractivity contribution >= 4 is 23.1 Å². The Kier molecular flexibility index (Phi) is 4.76. The predicted octanol–water partition coefficient (Wildman–Crippen LogP) is 2.63. The fourth-order valence-electron chi connectivity index (χ4n) is 1.91. The van der Waals surface area contributed by atoms with Crippen LogP contribution in [-0.4, -0.2) is 28.7 Å². The molecule has 1 unspecified atom stereocenters. The van der Waals surface area contributed by atoms with E-state index in [1.807, 2.05) is 31.2 Å². The van der Waals surface area contributed by atoms with Gasteiger partial charge in [0.15, 0.2) is 11.0 Å². The summed E-state index contributed by atoms with van der Waals surface area (Å²) in [6, 6.07) is 7.77. The van der Waals surface area contributed by atoms with E-state index in [0.29, 0.717) is 23.2 Å². The van der Waals surface area contributed by atoms with Crippen molar-refractivity contribution in [3.63, 3.8) is 0 Å². The number of nitrogens with one attached hydrogen (secondary N) is 2. The molecular formula is C14H17ClN4O. The Balaban J connectivity index is 2.07. The summed E-state index contributed by atoms with van der Waals surface area (Å²) in [5.74, 6) is 0.569. The number of rotatable bonds is 5. The minimum Gasteiger partial charge on any atom is -0.387 e. The molecule has 0 radical (unpaired) electrons. The van der Waals surface area contributed by atoms with Crippen molar-refractivity contribution in [2.45, 2.75) is 13.0 Å². The van der Waals surface area contributed by atoms with E-state index >= 15 is 0 Å². The second-order valence-electron chi connectivity index (χ2n) is 4.45. The molecule has 1 heterocycles. The number of aliphatic hydroxyl groups excluding tert-OH is 1. The fourth-order valence-corrected chi connectivity index (χ4v) is 2.14. The summed E-state index contributed by atoms with van der Waals surface area (Å²) in [5.41, 5.74) is 2.59. The van der Waals surface area contributed by atoms with Gasteiger partial charge < -0.3 is 15.7 Å². The van der Waals surface area contributed by atoms with Crippen molar-refractivity contribution in [3.8, 4) is 0 Å². The van der Waals surface area contributed by atoms with Gasteiger partial charge in [-0.1, -0.05) is 41.4 Å². The highest BCUT2D eigenvalue weighted by Crippen LogP contribution is 2.26. The molecule has 0 saturated carbocycles. The maximum Gasteiger partial charge on any atom is 0.157 e. The molecule has 1 aromatic carbocycles. The highest BCUT2D eigenvalue weighted by atomic mass is 35.5. The quantitative estimate of drug-likeness (QED) is 0.739. The van der Waals surface area contributed by atoms with E-state index < -0.39 is 6.10 Å². The molecule has 2 rings (SSSR count). The van der Waals surface area contributed by atoms with Crippen molar-refractivity contribution in [3.05, 3.63) is 46.9 Å². The minimum absolute atomic E-state index is 0.339. The van der Waals surface area contributed by atoms with Gasteiger partial charge in [0.25, 0.3) is 0 Å². The first-order valence-electron chi connectivity index (χ1n) is 6.28. The number of aliphatic hydroxyl groups is 1. The van der Waals surface area contributed by atoms with E-state index in [1.54, 1.807) is 7.05 Å². The van der Waals surface area contributed by atoms with Gasteiger partial charge in [0.05, 0.1) is 6.10 Å². The number of anilines is 2. The minimum atomic E-state index is -0.617. The van der Waals surface area contributed by atoms with Gasteiger partial charge >= 0.3 is 0 Å². The first kappa shape index (κ1) is 14.6. The Labute approximate surface area is 123 Å². The summed E-state index contributed by atoms with van der Waals surface area (Å²) in [6.07, 6.45) is 0.762. The monoisotopic (exact) mass is 292 g/mol. The molecule has 0 bridgehead atoms. The molecule has 6 heteroatoms. The lowest BCUT2D eigenvalue weighted by molar-refractivity contribution is 0.191. The Morgan fingerprint density at radius 3 is 2.85 bits per heavy atom. The number of nitrogens with zero attached hydrogens (tertiary/aromatic N) is 2. The second kappa shape index (κ2) is 6.54. The van der Waals surface area contributed by atoms with Crippen LogP contribution in [-0.2, 0) is 0 Å². The van der Waals surface area contributed by atoms with Gasteiger partial charge in [-0.05, 0) is 12.5 Å². The van der Waals surface area contributed by atoms with E-state index in [0.717, 1.165) is 11.1 Å². The van der Waals surface area contributed by atoms with Crippen LogP contribution in [0.1, 0.15) is 17.2 Å². The summed E-state index contributed by atoms with van der Waals surface area (Å²) in [7, 11) is 1.74. The lowest BCUT2D eigenvalue weighted by atomic mass is 10.1. The summed E-state index contributed by atoms with van der Waals surface area (Å²) in [4.78, 5) is 8.01. The van der Waals surface area contributed by atoms with Gasteiger partial charge in [-0.15, -0.1) is 0 Å². The summed E-state index contributed by atoms with van der Waals surface area (Å²) < 4.78 is 0. The molecule has 0 aliphatic heterocycles. The van der Waals surface area contributed by atoms with Crippen molar-refractivity contribution < 1.29 is 5.11 Å². The van der Waals surface area contributed by atoms with Crippen LogP contribution in [0.3, 0.4) is 0 Å². The first-order chi connectivity index (χ1) is 9.61. The van der Waals surface area contributed by atoms with E-state index in [-0.39, 0.29) is 0 Å². The van der Waals surface area contributed by atoms with Crippen molar-refractivity contribution in [2.24, 2.45) is 0 Å². The number of benzene rings is 1. The molecule has 3 N–H and O–H groups in total. The zero-order valence-electron chi connectivity index (χ0n) is 11.4. The van der Waals surface area contributed by atoms with Crippen LogP contribution in [0.25, 0.3) is 0 Å². The molecule has 0 fully saturated rings. The standard InChI is InChI=1S/C14H17ClN4O/c1-9-4-3-5-10(6-9)11(20)7-17-14-12(16-2)13(15)18-8-19-14/h3-6,8,11,16,20H,7H2,1-2H3,(H,17,18,19). The molecule has 0 aliphatic carbocycles. The van der Waals surface area contributed by atoms with Crippen LogP contribution in [0.5, 0.6) is 0 Å². The van der Waals surface area contributed by atoms with Crippen LogP contribution in [0, 0.1) is 6.92 Å². The molecule has 0 spiro atoms. The number of hydrogen-bond acceptors (Lipinski definition) is 5. The average molecular weight is 293 g/mol. The lowest BCUT2D eigenvalue weighted by Crippen LogP contribution is -2.14. The Morgan fingerprint density at radius 1 is 1.35 bits per heavy atom. The number of hydrogen-bond donors (Lipinski definition) is 3. The SMILES string of the molecule is CNc1c(Cl)ncnc1NCC(O)c1cccc(C)c1. The third kappa shape index (κ3) is 3.37. The lowest BCUT2D eigenvalue weighted by Gasteiger charge is -2.15. The molecule has 2 aromatic rings. The maximum absolute atomic E-state index is 10.2. The molecular weight excluding hydrogens is 276 g/mol. The maximum atomic E-state index is 10.2. The number of aromatic nitrogens is 2. The Morgan fingerprint density at radius 2 is 2.15 bits per heavy atom. The third-order valence-electron chi connectivity index (χ3n) is 2.94. The Hall–Kier alpha value is -1.85. The van der Waals surface area contributed by atoms with Gasteiger partial charge in [0.2, 0.25) is 0 Å². The van der Waals surface area contributed by atoms with Crippen molar-refractivity contribution in [1.82, 2.24) is 9.97 Å². The zero-order chi connectivity index (χ0) is 14.5. The van der Waals surface area contributed by atoms with Gasteiger partial charge in [-0.3, -0.25) is 0 Å². The fraction of sp³-hybridized carbons (Fsp3) is 0.286. The predicted molar refractivity (Wildman–Crippen MR) is 81.2 cm³/mol. The van der Waals surface area contributed by atoms with E-state index in [1.165, 1.54) is 6.33 Å². The van der Waals surface area contributed by atoms with E-state index in [2.05, 4.69) is 20.6 Å². The van der Waals surface area contributed by atoms with Crippen molar-refractivity contribution in [2.75, 3.05) is 24.2 Å². The van der Waals surface area contributed by atoms with Gasteiger partial charge in [0, 0.05) is 13.6 Å². The van der Waals surface area contributed by atoms with Gasteiger partial charge in [-0.2, -0.15) is 0 Å². The highest BCUT2D eigenvalue weighted by Gasteiger charge is 2.11. The summed E-state index contributed by atoms with van der Waals surface area (Å²) in [5, 5.41) is 16.5. The topological polar surface area (TPSA) is 70.1 Å². The molecule has 1 atom stereocenters. The molecule has 0 amide bonds. The van der Waals surface area contributed by atoms with Crippen LogP contribution < -0.4 is 10.6 Å². The first-order valence-corrected chi connectivity index (χ1v) is 6.66. The molecule has 5 nitrogen and oxygen atoms in total. The van der Waals surface area contributed by atoms with E-state index in [9.17, 15) is 5.11 Å². The smallest absolute Gasteiger partial charge is 0.157 e. The summed E-state index contributed by atoms with van der Waals surface area (Å²) >= 11 is 5.97. The molecule has 1 aromatic heterocycles. The third-order valence-corrected chi connectivity index (χ3v) is 3.23. The summed E-state index contributed by atoms with van der Waals surface area (Å²) in [6.45, 7) is 2.33. The molecule has 106 valence electrons. The normalized spacial score (nSPS) is 12.0. The highest BCUT2D eigenvalue weighted by molar-refractivity contribution is 6.32. The number of aryl methyl sites for hydroxylation is 1. The second-order valence-corrected chi connectivity index (χ2v) is 4.81. The van der Waals surface area contributed by atoms with Gasteiger partial charge in [0.1, 0.15) is 12.0 Å². The molecule has 20 heavy (non-hydrogen) atoms. The van der Waals surface area contributed by atoms with E-state index in [4.69, 9.17) is 11.6 Å². The Bertz CT molecular complexity index is 591. The molecule has 0 saturated heterocycles. The average Bonchev–Trinajstić information content (AvgIpc) is 2.44. The van der Waals surface area contributed by atoms with Crippen LogP contribution in [0.15, 0.2) is 30.6 Å². The van der Waals surface area contributed by atoms with Crippen LogP contribution in [0.4, 0.5) is 11.5 Å². The number of halogens is 1. The zero-order valence-corrected chi connectivity index (χ0v) is 12.1. The van der Waals surface area contributed by atoms with Crippen molar-refractivity contribution in [1.29, 1.82) is 0 Å². The molecule has 0 aliphatic rings. The van der Waals surface area contributed by atoms with Crippen LogP contribution >= 0.6 is 11.6 Å². The van der Waals surface area contributed by atoms with Gasteiger partial charge in [-0.25, -0.2) is 9.97 Å². The van der Waals surface area contributed by atoms with Crippen LogP contribution in [0.2, 0.25) is 5.15 Å².